The molecule has 1 atom stereocenters. The predicted molar refractivity (Wildman–Crippen MR) is 121 cm³/mol. The Balaban J connectivity index is 1.61. The van der Waals surface area contributed by atoms with E-state index in [9.17, 15) is 14.4 Å². The zero-order chi connectivity index (χ0) is 21.9. The summed E-state index contributed by atoms with van der Waals surface area (Å²) in [7, 11) is 0. The lowest BCUT2D eigenvalue weighted by Gasteiger charge is -2.35. The van der Waals surface area contributed by atoms with Crippen molar-refractivity contribution in [1.82, 2.24) is 9.80 Å². The lowest BCUT2D eigenvalue weighted by atomic mass is 9.90. The average molecular weight is 429 g/mol. The number of rotatable bonds is 5. The van der Waals surface area contributed by atoms with E-state index in [1.54, 1.807) is 6.92 Å². The second-order valence-electron chi connectivity index (χ2n) is 9.28. The van der Waals surface area contributed by atoms with Crippen LogP contribution < -0.4 is 0 Å². The van der Waals surface area contributed by atoms with Crippen LogP contribution >= 0.6 is 11.8 Å². The largest absolute Gasteiger partial charge is 0.341 e. The quantitative estimate of drug-likeness (QED) is 0.668. The molecule has 5 nitrogen and oxygen atoms in total. The molecule has 1 aromatic rings. The molecule has 2 heterocycles. The number of hydrogen-bond acceptors (Lipinski definition) is 4. The van der Waals surface area contributed by atoms with Gasteiger partial charge in [-0.05, 0) is 37.7 Å². The van der Waals surface area contributed by atoms with Gasteiger partial charge in [0.25, 0.3) is 0 Å². The Kier molecular flexibility index (Phi) is 7.06. The topological polar surface area (TPSA) is 57.7 Å². The number of carbonyl (C=O) groups is 3. The maximum atomic E-state index is 13.1. The molecule has 30 heavy (non-hydrogen) atoms. The molecule has 0 aromatic heterocycles. The standard InChI is InChI=1S/C24H32N2O3S/c1-17(26-21(28)16-30-22(26)15-20(27)24(2,3)4)23(29)25-12-10-19(11-13-25)14-18-8-6-5-7-9-18/h5-9,15,17,19H,10-14,16H2,1-4H3/b22-15-. The number of thioether (sulfide) groups is 1. The Labute approximate surface area is 183 Å². The van der Waals surface area contributed by atoms with Crippen LogP contribution in [0.15, 0.2) is 41.4 Å². The van der Waals surface area contributed by atoms with E-state index in [1.807, 2.05) is 31.7 Å². The minimum atomic E-state index is -0.586. The van der Waals surface area contributed by atoms with Gasteiger partial charge in [0.2, 0.25) is 11.8 Å². The Hall–Kier alpha value is -2.08. The van der Waals surface area contributed by atoms with Gasteiger partial charge in [-0.25, -0.2) is 0 Å². The van der Waals surface area contributed by atoms with Gasteiger partial charge >= 0.3 is 0 Å². The molecule has 2 saturated heterocycles. The van der Waals surface area contributed by atoms with Gasteiger partial charge in [-0.3, -0.25) is 19.3 Å². The van der Waals surface area contributed by atoms with Gasteiger partial charge < -0.3 is 4.90 Å². The molecule has 162 valence electrons. The number of allylic oxidation sites excluding steroid dienone is 1. The van der Waals surface area contributed by atoms with Gasteiger partial charge in [0.1, 0.15) is 6.04 Å². The summed E-state index contributed by atoms with van der Waals surface area (Å²) in [6.45, 7) is 8.77. The fourth-order valence-corrected chi connectivity index (χ4v) is 4.92. The molecule has 2 aliphatic rings. The van der Waals surface area contributed by atoms with Crippen LogP contribution in [0.25, 0.3) is 0 Å². The highest BCUT2D eigenvalue weighted by atomic mass is 32.2. The smallest absolute Gasteiger partial charge is 0.245 e. The van der Waals surface area contributed by atoms with Crippen LogP contribution in [0.2, 0.25) is 0 Å². The molecule has 1 aromatic carbocycles. The minimum Gasteiger partial charge on any atom is -0.341 e. The second kappa shape index (κ2) is 9.38. The number of nitrogens with zero attached hydrogens (tertiary/aromatic N) is 2. The van der Waals surface area contributed by atoms with Gasteiger partial charge in [0, 0.05) is 24.6 Å². The van der Waals surface area contributed by atoms with Crippen molar-refractivity contribution in [3.63, 3.8) is 0 Å². The minimum absolute atomic E-state index is 0.0295. The summed E-state index contributed by atoms with van der Waals surface area (Å²) in [5.41, 5.74) is 0.826. The monoisotopic (exact) mass is 428 g/mol. The number of ketones is 1. The van der Waals surface area contributed by atoms with Gasteiger partial charge in [-0.15, -0.1) is 0 Å². The molecule has 0 bridgehead atoms. The van der Waals surface area contributed by atoms with Crippen LogP contribution in [0.1, 0.15) is 46.1 Å². The van der Waals surface area contributed by atoms with Crippen molar-refractivity contribution >= 4 is 29.4 Å². The number of piperidine rings is 1. The van der Waals surface area contributed by atoms with Crippen molar-refractivity contribution in [3.8, 4) is 0 Å². The van der Waals surface area contributed by atoms with E-state index in [1.165, 1.54) is 28.3 Å². The van der Waals surface area contributed by atoms with E-state index in [2.05, 4.69) is 24.3 Å². The van der Waals surface area contributed by atoms with Crippen molar-refractivity contribution < 1.29 is 14.4 Å². The molecular formula is C24H32N2O3S. The molecule has 3 rings (SSSR count). The second-order valence-corrected chi connectivity index (χ2v) is 10.3. The molecule has 0 aliphatic carbocycles. The summed E-state index contributed by atoms with van der Waals surface area (Å²) in [6.07, 6.45) is 4.52. The van der Waals surface area contributed by atoms with E-state index >= 15 is 0 Å². The summed E-state index contributed by atoms with van der Waals surface area (Å²) in [5.74, 6) is 0.688. The summed E-state index contributed by atoms with van der Waals surface area (Å²) in [6, 6.07) is 9.89. The molecule has 2 fully saturated rings. The molecular weight excluding hydrogens is 396 g/mol. The van der Waals surface area contributed by atoms with E-state index in [0.29, 0.717) is 10.9 Å². The Bertz CT molecular complexity index is 821. The number of amides is 2. The number of likely N-dealkylation sites (tertiary alicyclic amines) is 1. The summed E-state index contributed by atoms with van der Waals surface area (Å²) >= 11 is 1.34. The van der Waals surface area contributed by atoms with Gasteiger partial charge in [-0.2, -0.15) is 0 Å². The molecule has 0 saturated carbocycles. The molecule has 0 N–H and O–H groups in total. The average Bonchev–Trinajstić information content (AvgIpc) is 3.07. The molecule has 2 amide bonds. The first-order chi connectivity index (χ1) is 14.2. The highest BCUT2D eigenvalue weighted by Gasteiger charge is 2.38. The fourth-order valence-electron chi connectivity index (χ4n) is 3.92. The van der Waals surface area contributed by atoms with E-state index in [-0.39, 0.29) is 23.4 Å². The Morgan fingerprint density at radius 2 is 1.80 bits per heavy atom. The van der Waals surface area contributed by atoms with Gasteiger partial charge in [0.15, 0.2) is 5.78 Å². The highest BCUT2D eigenvalue weighted by molar-refractivity contribution is 8.04. The third-order valence-corrected chi connectivity index (χ3v) is 6.88. The van der Waals surface area contributed by atoms with E-state index in [4.69, 9.17) is 0 Å². The van der Waals surface area contributed by atoms with Crippen LogP contribution in [0.3, 0.4) is 0 Å². The molecule has 1 unspecified atom stereocenters. The van der Waals surface area contributed by atoms with Crippen molar-refractivity contribution in [2.75, 3.05) is 18.8 Å². The predicted octanol–water partition coefficient (Wildman–Crippen LogP) is 3.89. The Morgan fingerprint density at radius 3 is 2.40 bits per heavy atom. The lowest BCUT2D eigenvalue weighted by Crippen LogP contribution is -2.49. The van der Waals surface area contributed by atoms with E-state index < -0.39 is 11.5 Å². The van der Waals surface area contributed by atoms with Crippen LogP contribution in [0.5, 0.6) is 0 Å². The van der Waals surface area contributed by atoms with Crippen LogP contribution in [0, 0.1) is 11.3 Å². The van der Waals surface area contributed by atoms with Crippen LogP contribution in [-0.2, 0) is 20.8 Å². The maximum Gasteiger partial charge on any atom is 0.245 e. The summed E-state index contributed by atoms with van der Waals surface area (Å²) in [5, 5.41) is 0.597. The van der Waals surface area contributed by atoms with Crippen LogP contribution in [0.4, 0.5) is 0 Å². The van der Waals surface area contributed by atoms with Crippen molar-refractivity contribution in [3.05, 3.63) is 47.0 Å². The maximum absolute atomic E-state index is 13.1. The molecule has 0 radical (unpaired) electrons. The fraction of sp³-hybridized carbons (Fsp3) is 0.542. The number of benzene rings is 1. The zero-order valence-electron chi connectivity index (χ0n) is 18.4. The first kappa shape index (κ1) is 22.6. The van der Waals surface area contributed by atoms with E-state index in [0.717, 1.165) is 32.4 Å². The van der Waals surface area contributed by atoms with Crippen molar-refractivity contribution in [1.29, 1.82) is 0 Å². The number of carbonyl (C=O) groups excluding carboxylic acids is 3. The molecule has 6 heteroatoms. The third-order valence-electron chi connectivity index (χ3n) is 5.88. The van der Waals surface area contributed by atoms with Crippen molar-refractivity contribution in [2.24, 2.45) is 11.3 Å². The van der Waals surface area contributed by atoms with Crippen molar-refractivity contribution in [2.45, 2.75) is 53.0 Å². The molecule has 0 spiro atoms. The summed E-state index contributed by atoms with van der Waals surface area (Å²) < 4.78 is 0. The lowest BCUT2D eigenvalue weighted by molar-refractivity contribution is -0.142. The van der Waals surface area contributed by atoms with Gasteiger partial charge in [-0.1, -0.05) is 62.9 Å². The van der Waals surface area contributed by atoms with Crippen LogP contribution in [-0.4, -0.2) is 52.3 Å². The third kappa shape index (κ3) is 5.34. The van der Waals surface area contributed by atoms with Gasteiger partial charge in [0.05, 0.1) is 10.8 Å². The number of hydrogen-bond donors (Lipinski definition) is 0. The summed E-state index contributed by atoms with van der Waals surface area (Å²) in [4.78, 5) is 41.4. The highest BCUT2D eigenvalue weighted by Crippen LogP contribution is 2.33. The normalized spacial score (nSPS) is 20.7. The first-order valence-electron chi connectivity index (χ1n) is 10.7. The Morgan fingerprint density at radius 1 is 1.17 bits per heavy atom. The SMILES string of the molecule is CC(C(=O)N1CCC(Cc2ccccc2)CC1)N1C(=O)CS/C1=C\C(=O)C(C)(C)C. The first-order valence-corrected chi connectivity index (χ1v) is 11.7. The zero-order valence-corrected chi connectivity index (χ0v) is 19.2. The molecule has 2 aliphatic heterocycles.